The van der Waals surface area contributed by atoms with Crippen molar-refractivity contribution in [2.45, 2.75) is 0 Å². The van der Waals surface area contributed by atoms with E-state index < -0.39 is 9.05 Å². The molecule has 0 aromatic rings. The van der Waals surface area contributed by atoms with E-state index in [1.54, 1.807) is 0 Å². The molecule has 0 amide bonds. The fourth-order valence-electron chi connectivity index (χ4n) is 0. The van der Waals surface area contributed by atoms with Crippen LogP contribution in [-0.2, 0) is 16.5 Å². The number of rotatable bonds is 0. The van der Waals surface area contributed by atoms with E-state index in [1.165, 1.54) is 0 Å². The van der Waals surface area contributed by atoms with Crippen LogP contribution in [0.25, 0.3) is 0 Å². The van der Waals surface area contributed by atoms with Crippen LogP contribution in [0.3, 0.4) is 0 Å². The van der Waals surface area contributed by atoms with E-state index in [9.17, 15) is 0 Å². The molecule has 0 saturated heterocycles. The van der Waals surface area contributed by atoms with Crippen molar-refractivity contribution in [3.63, 3.8) is 0 Å². The quantitative estimate of drug-likeness (QED) is 0.417. The van der Waals surface area contributed by atoms with Gasteiger partial charge in [-0.15, -0.1) is 0 Å². The maximum Gasteiger partial charge on any atom is 3.00 e. The Morgan fingerprint density at radius 3 is 0.857 bits per heavy atom. The van der Waals surface area contributed by atoms with Gasteiger partial charge in [-0.05, 0) is 0 Å². The van der Waals surface area contributed by atoms with E-state index >= 15 is 0 Å². The summed E-state index contributed by atoms with van der Waals surface area (Å²) in [6.45, 7) is 0. The van der Waals surface area contributed by atoms with Gasteiger partial charge in [0.1, 0.15) is 0 Å². The van der Waals surface area contributed by atoms with E-state index in [0.717, 1.165) is 0 Å². The Hall–Kier alpha value is 1.93. The average molecular weight is 291 g/mol. The molecule has 0 rings (SSSR count). The van der Waals surface area contributed by atoms with Crippen molar-refractivity contribution in [1.29, 1.82) is 0 Å². The largest absolute Gasteiger partial charge is 3.00 e. The molecule has 1 radical (unpaired) electrons. The topological polar surface area (TPSA) is 92.2 Å². The molecule has 0 atom stereocenters. The van der Waals surface area contributed by atoms with Crippen LogP contribution in [0.2, 0.25) is 0 Å². The van der Waals surface area contributed by atoms with Crippen molar-refractivity contribution in [1.82, 2.24) is 0 Å². The predicted molar refractivity (Wildman–Crippen MR) is 5.75 cm³/mol. The summed E-state index contributed by atoms with van der Waals surface area (Å²) in [5, 5.41) is 0. The second-order valence-electron chi connectivity index (χ2n) is 0.500. The van der Waals surface area contributed by atoms with Crippen LogP contribution in [0.5, 0.6) is 0 Å². The summed E-state index contributed by atoms with van der Waals surface area (Å²) in [5.41, 5.74) is 0. The molecule has 7 heteroatoms. The fraction of sp³-hybridized carbons (Fsp3) is 0. The standard InChI is InChI=1S/Ce.Ni.O4Si/c;;1-5(2,3)4/q+3;+2;-4. The molecule has 41 valence electrons. The second kappa shape index (κ2) is 6.05. The Bertz CT molecular complexity index is 27.2. The average Bonchev–Trinajstić information content (AvgIpc) is 0.722. The Kier molecular flexibility index (Phi) is 13.8. The maximum atomic E-state index is 8.58. The summed E-state index contributed by atoms with van der Waals surface area (Å²) in [4.78, 5) is 34.3. The predicted octanol–water partition coefficient (Wildman–Crippen LogP) is -5.14. The van der Waals surface area contributed by atoms with Gasteiger partial charge >= 0.3 is 58.2 Å². The van der Waals surface area contributed by atoms with Crippen molar-refractivity contribution in [3.8, 4) is 0 Å². The van der Waals surface area contributed by atoms with Crippen molar-refractivity contribution in [3.05, 3.63) is 0 Å². The van der Waals surface area contributed by atoms with Crippen LogP contribution in [0, 0.1) is 41.7 Å². The van der Waals surface area contributed by atoms with Crippen LogP contribution in [0.15, 0.2) is 0 Å². The minimum Gasteiger partial charge on any atom is -0.894 e. The molecular formula is CeNiO4Si+. The van der Waals surface area contributed by atoms with E-state index in [0.29, 0.717) is 0 Å². The summed E-state index contributed by atoms with van der Waals surface area (Å²) in [6, 6.07) is 0. The third kappa shape index (κ3) is 75.0. The van der Waals surface area contributed by atoms with Gasteiger partial charge < -0.3 is 28.2 Å². The fourth-order valence-corrected chi connectivity index (χ4v) is 0. The Balaban J connectivity index is -0.0000000800. The second-order valence-corrected chi connectivity index (χ2v) is 1.50. The summed E-state index contributed by atoms with van der Waals surface area (Å²) in [7, 11) is -5.61. The molecule has 0 aromatic heterocycles. The zero-order valence-electron chi connectivity index (χ0n) is 2.95. The molecule has 0 heterocycles. The van der Waals surface area contributed by atoms with Crippen molar-refractivity contribution in [2.24, 2.45) is 0 Å². The third-order valence-corrected chi connectivity index (χ3v) is 0. The van der Waals surface area contributed by atoms with Gasteiger partial charge in [0, 0.05) is 0 Å². The maximum absolute atomic E-state index is 8.58. The first-order chi connectivity index (χ1) is 2.00. The van der Waals surface area contributed by atoms with Crippen LogP contribution in [0.1, 0.15) is 0 Å². The van der Waals surface area contributed by atoms with Gasteiger partial charge in [0.05, 0.1) is 0 Å². The summed E-state index contributed by atoms with van der Waals surface area (Å²) < 4.78 is 0. The third-order valence-electron chi connectivity index (χ3n) is 0. The molecule has 0 aliphatic heterocycles. The molecule has 7 heavy (non-hydrogen) atoms. The first-order valence-corrected chi connectivity index (χ1v) is 2.45. The van der Waals surface area contributed by atoms with Crippen molar-refractivity contribution < 1.29 is 77.4 Å². The zero-order valence-corrected chi connectivity index (χ0v) is 8.08. The van der Waals surface area contributed by atoms with Crippen LogP contribution >= 0.6 is 0 Å². The van der Waals surface area contributed by atoms with Crippen molar-refractivity contribution >= 4 is 9.05 Å². The van der Waals surface area contributed by atoms with Crippen LogP contribution in [0.4, 0.5) is 0 Å². The van der Waals surface area contributed by atoms with Crippen molar-refractivity contribution in [2.75, 3.05) is 0 Å². The monoisotopic (exact) mass is 290 g/mol. The molecule has 0 spiro atoms. The van der Waals surface area contributed by atoms with E-state index in [2.05, 4.69) is 0 Å². The van der Waals surface area contributed by atoms with Crippen LogP contribution in [-0.4, -0.2) is 9.05 Å². The molecule has 0 unspecified atom stereocenters. The molecule has 0 N–H and O–H groups in total. The Morgan fingerprint density at radius 2 is 0.857 bits per heavy atom. The molecule has 0 aliphatic carbocycles. The molecule has 0 bridgehead atoms. The molecule has 4 nitrogen and oxygen atoms in total. The van der Waals surface area contributed by atoms with Gasteiger partial charge in [-0.3, -0.25) is 0 Å². The smallest absolute Gasteiger partial charge is 0.894 e. The summed E-state index contributed by atoms with van der Waals surface area (Å²) >= 11 is 0. The normalized spacial score (nSPS) is 8.57. The number of hydrogen-bond donors (Lipinski definition) is 0. The minimum atomic E-state index is -5.61. The first kappa shape index (κ1) is 16.0. The first-order valence-electron chi connectivity index (χ1n) is 0.816. The molecule has 0 aliphatic rings. The number of hydrogen-bond acceptors (Lipinski definition) is 4. The van der Waals surface area contributed by atoms with E-state index in [-0.39, 0.29) is 58.2 Å². The molecule has 0 saturated carbocycles. The summed E-state index contributed by atoms with van der Waals surface area (Å²) in [5.74, 6) is 0. The SMILES string of the molecule is [Ce+3].[Ni+2].[O-][Si]([O-])([O-])[O-]. The van der Waals surface area contributed by atoms with Gasteiger partial charge in [0.15, 0.2) is 0 Å². The Morgan fingerprint density at radius 1 is 0.857 bits per heavy atom. The van der Waals surface area contributed by atoms with E-state index in [1.807, 2.05) is 0 Å². The molecular weight excluding hydrogens is 291 g/mol. The van der Waals surface area contributed by atoms with Crippen LogP contribution < -0.4 is 19.2 Å². The van der Waals surface area contributed by atoms with Gasteiger partial charge in [0.25, 0.3) is 0 Å². The van der Waals surface area contributed by atoms with Gasteiger partial charge in [-0.2, -0.15) is 0 Å². The Labute approximate surface area is 85.4 Å². The molecule has 0 aromatic carbocycles. The molecule has 0 fully saturated rings. The zero-order chi connectivity index (χ0) is 4.50. The summed E-state index contributed by atoms with van der Waals surface area (Å²) in [6.07, 6.45) is 0. The van der Waals surface area contributed by atoms with Gasteiger partial charge in [0.2, 0.25) is 0 Å². The van der Waals surface area contributed by atoms with E-state index in [4.69, 9.17) is 19.2 Å². The minimum absolute atomic E-state index is 0. The van der Waals surface area contributed by atoms with Gasteiger partial charge in [-0.1, -0.05) is 0 Å². The van der Waals surface area contributed by atoms with Gasteiger partial charge in [-0.25, -0.2) is 0 Å².